The van der Waals surface area contributed by atoms with Gasteiger partial charge in [-0.2, -0.15) is 0 Å². The minimum Gasteiger partial charge on any atom is -0.402 e. The number of nitrogens with one attached hydrogen (secondary N) is 2. The smallest absolute Gasteiger partial charge is 0.268 e. The average molecular weight is 191 g/mol. The van der Waals surface area contributed by atoms with Gasteiger partial charge in [-0.25, -0.2) is 0 Å². The molecule has 0 atom stereocenters. The predicted octanol–water partition coefficient (Wildman–Crippen LogP) is -1.49. The van der Waals surface area contributed by atoms with Crippen LogP contribution >= 0.6 is 0 Å². The van der Waals surface area contributed by atoms with Crippen LogP contribution in [0.4, 0.5) is 0 Å². The molecule has 0 spiro atoms. The third-order valence-electron chi connectivity index (χ3n) is 2.29. The highest BCUT2D eigenvalue weighted by Gasteiger charge is 2.23. The largest absolute Gasteiger partial charge is 0.402 e. The van der Waals surface area contributed by atoms with Crippen LogP contribution in [0.15, 0.2) is 12.3 Å². The monoisotopic (exact) mass is 191 g/mol. The summed E-state index contributed by atoms with van der Waals surface area (Å²) in [6.45, 7) is 1.34. The summed E-state index contributed by atoms with van der Waals surface area (Å²) in [4.78, 5) is 22.9. The van der Waals surface area contributed by atoms with Crippen LogP contribution in [0, 0.1) is 0 Å². The molecule has 0 aromatic carbocycles. The molecular formula is C8H10BN3O2. The number of hydrogen-bond donors (Lipinski definition) is 2. The Kier molecular flexibility index (Phi) is 2.03. The molecular weight excluding hydrogens is 181 g/mol. The molecule has 0 aliphatic carbocycles. The van der Waals surface area contributed by atoms with Gasteiger partial charge in [0.2, 0.25) is 13.9 Å². The van der Waals surface area contributed by atoms with Crippen molar-refractivity contribution in [1.29, 1.82) is 0 Å². The molecule has 5 nitrogen and oxygen atoms in total. The Hall–Kier alpha value is -1.72. The van der Waals surface area contributed by atoms with Gasteiger partial charge in [0.05, 0.1) is 5.56 Å². The fourth-order valence-corrected chi connectivity index (χ4v) is 1.60. The van der Waals surface area contributed by atoms with E-state index in [4.69, 9.17) is 0 Å². The van der Waals surface area contributed by atoms with Crippen molar-refractivity contribution in [3.63, 3.8) is 0 Å². The highest BCUT2D eigenvalue weighted by molar-refractivity contribution is 6.20. The Labute approximate surface area is 81.9 Å². The maximum absolute atomic E-state index is 11.5. The molecule has 14 heavy (non-hydrogen) atoms. The summed E-state index contributed by atoms with van der Waals surface area (Å²) >= 11 is 0. The minimum absolute atomic E-state index is 0.181. The lowest BCUT2D eigenvalue weighted by atomic mass is 10.2. The molecule has 0 unspecified atom stereocenters. The highest BCUT2D eigenvalue weighted by atomic mass is 16.2. The van der Waals surface area contributed by atoms with Crippen LogP contribution < -0.4 is 10.5 Å². The number of fused-ring (bicyclic) bond motifs is 1. The van der Waals surface area contributed by atoms with E-state index >= 15 is 0 Å². The van der Waals surface area contributed by atoms with Gasteiger partial charge in [-0.15, -0.1) is 0 Å². The molecule has 72 valence electrons. The number of aromatic nitrogens is 1. The molecule has 0 saturated heterocycles. The van der Waals surface area contributed by atoms with E-state index in [1.54, 1.807) is 24.8 Å². The molecule has 0 saturated carbocycles. The summed E-state index contributed by atoms with van der Waals surface area (Å²) in [5.74, 6) is -0.407. The van der Waals surface area contributed by atoms with Crippen LogP contribution in [0.3, 0.4) is 0 Å². The first-order valence-electron chi connectivity index (χ1n) is 4.43. The number of carbonyl (C=O) groups is 2. The molecule has 1 aliphatic heterocycles. The van der Waals surface area contributed by atoms with Crippen LogP contribution in [0.5, 0.6) is 0 Å². The first-order chi connectivity index (χ1) is 6.74. The number of rotatable bonds is 1. The van der Waals surface area contributed by atoms with Crippen molar-refractivity contribution in [2.24, 2.45) is 0 Å². The van der Waals surface area contributed by atoms with Crippen LogP contribution in [-0.2, 0) is 6.54 Å². The lowest BCUT2D eigenvalue weighted by Gasteiger charge is -2.16. The SMILES string of the molecule is BNC(=O)c1ccn2c1C(=O)NCC2. The second kappa shape index (κ2) is 3.21. The summed E-state index contributed by atoms with van der Waals surface area (Å²) in [5, 5.41) is 5.21. The topological polar surface area (TPSA) is 63.1 Å². The van der Waals surface area contributed by atoms with Gasteiger partial charge in [-0.05, 0) is 6.07 Å². The fraction of sp³-hybridized carbons (Fsp3) is 0.250. The molecule has 2 rings (SSSR count). The lowest BCUT2D eigenvalue weighted by molar-refractivity contribution is 0.0909. The lowest BCUT2D eigenvalue weighted by Crippen LogP contribution is -2.36. The molecule has 0 radical (unpaired) electrons. The maximum atomic E-state index is 11.5. The Morgan fingerprint density at radius 2 is 2.43 bits per heavy atom. The van der Waals surface area contributed by atoms with Crippen LogP contribution in [0.1, 0.15) is 20.8 Å². The number of amides is 2. The summed E-state index contributed by atoms with van der Waals surface area (Å²) in [5.41, 5.74) is 0.889. The van der Waals surface area contributed by atoms with Crippen molar-refractivity contribution >= 4 is 19.8 Å². The molecule has 0 fully saturated rings. The summed E-state index contributed by atoms with van der Waals surface area (Å²) < 4.78 is 1.80. The van der Waals surface area contributed by atoms with Gasteiger partial charge in [-0.1, -0.05) is 0 Å². The fourth-order valence-electron chi connectivity index (χ4n) is 1.60. The van der Waals surface area contributed by atoms with Crippen LogP contribution in [-0.4, -0.2) is 30.9 Å². The zero-order valence-electron chi connectivity index (χ0n) is 7.83. The van der Waals surface area contributed by atoms with E-state index in [1.807, 2.05) is 0 Å². The molecule has 2 heterocycles. The Morgan fingerprint density at radius 1 is 1.64 bits per heavy atom. The third-order valence-corrected chi connectivity index (χ3v) is 2.29. The predicted molar refractivity (Wildman–Crippen MR) is 52.8 cm³/mol. The first kappa shape index (κ1) is 8.86. The molecule has 6 heteroatoms. The molecule has 1 aromatic heterocycles. The highest BCUT2D eigenvalue weighted by Crippen LogP contribution is 2.13. The van der Waals surface area contributed by atoms with Crippen molar-refractivity contribution in [2.45, 2.75) is 6.54 Å². The van der Waals surface area contributed by atoms with Gasteiger partial charge < -0.3 is 15.1 Å². The average Bonchev–Trinajstić information content (AvgIpc) is 2.62. The van der Waals surface area contributed by atoms with E-state index in [0.29, 0.717) is 17.8 Å². The zero-order chi connectivity index (χ0) is 10.1. The van der Waals surface area contributed by atoms with E-state index in [2.05, 4.69) is 10.5 Å². The van der Waals surface area contributed by atoms with Gasteiger partial charge in [0.1, 0.15) is 5.69 Å². The van der Waals surface area contributed by atoms with E-state index in [1.165, 1.54) is 0 Å². The van der Waals surface area contributed by atoms with Gasteiger partial charge in [0, 0.05) is 19.3 Å². The van der Waals surface area contributed by atoms with Crippen LogP contribution in [0.25, 0.3) is 0 Å². The van der Waals surface area contributed by atoms with E-state index < -0.39 is 0 Å². The maximum Gasteiger partial charge on any atom is 0.268 e. The van der Waals surface area contributed by atoms with Gasteiger partial charge >= 0.3 is 0 Å². The second-order valence-corrected chi connectivity index (χ2v) is 3.11. The molecule has 2 amide bonds. The van der Waals surface area contributed by atoms with E-state index in [-0.39, 0.29) is 11.8 Å². The number of hydrogen-bond acceptors (Lipinski definition) is 2. The van der Waals surface area contributed by atoms with Gasteiger partial charge in [-0.3, -0.25) is 9.59 Å². The molecule has 0 bridgehead atoms. The Bertz CT molecular complexity index is 399. The zero-order valence-corrected chi connectivity index (χ0v) is 7.83. The number of carbonyl (C=O) groups excluding carboxylic acids is 2. The van der Waals surface area contributed by atoms with Crippen LogP contribution in [0.2, 0.25) is 0 Å². The van der Waals surface area contributed by atoms with E-state index in [9.17, 15) is 9.59 Å². The summed E-state index contributed by atoms with van der Waals surface area (Å²) in [6, 6.07) is 1.67. The van der Waals surface area contributed by atoms with Crippen molar-refractivity contribution in [1.82, 2.24) is 15.1 Å². The minimum atomic E-state index is -0.226. The molecule has 1 aliphatic rings. The standard InChI is InChI=1S/C8H10BN3O2/c9-11-7(13)5-1-3-12-4-2-10-8(14)6(5)12/h1,3H,2,4,9H2,(H,10,14)(H,11,13). The number of nitrogens with zero attached hydrogens (tertiary/aromatic N) is 1. The van der Waals surface area contributed by atoms with Crippen molar-refractivity contribution in [3.8, 4) is 0 Å². The Morgan fingerprint density at radius 3 is 3.14 bits per heavy atom. The van der Waals surface area contributed by atoms with Crippen molar-refractivity contribution < 1.29 is 9.59 Å². The van der Waals surface area contributed by atoms with E-state index in [0.717, 1.165) is 6.54 Å². The summed E-state index contributed by atoms with van der Waals surface area (Å²) in [7, 11) is 1.55. The molecule has 1 aromatic rings. The second-order valence-electron chi connectivity index (χ2n) is 3.11. The molecule has 2 N–H and O–H groups in total. The van der Waals surface area contributed by atoms with Crippen molar-refractivity contribution in [2.75, 3.05) is 6.54 Å². The van der Waals surface area contributed by atoms with Gasteiger partial charge in [0.25, 0.3) is 5.91 Å². The first-order valence-corrected chi connectivity index (χ1v) is 4.43. The van der Waals surface area contributed by atoms with Crippen molar-refractivity contribution in [3.05, 3.63) is 23.5 Å². The Balaban J connectivity index is 2.48. The quantitative estimate of drug-likeness (QED) is 0.531. The third kappa shape index (κ3) is 1.19. The normalized spacial score (nSPS) is 14.4. The van der Waals surface area contributed by atoms with Gasteiger partial charge in [0.15, 0.2) is 0 Å². The summed E-state index contributed by atoms with van der Waals surface area (Å²) in [6.07, 6.45) is 1.76.